The maximum absolute atomic E-state index is 12.6. The van der Waals surface area contributed by atoms with Crippen LogP contribution in [0, 0.1) is 11.8 Å². The number of carbonyl (C=O) groups excluding carboxylic acids is 1. The van der Waals surface area contributed by atoms with E-state index in [4.69, 9.17) is 10.8 Å². The molecule has 3 N–H and O–H groups in total. The molecular weight excluding hydrogens is 240 g/mol. The Hall–Kier alpha value is -0.610. The van der Waals surface area contributed by atoms with Crippen LogP contribution < -0.4 is 5.73 Å². The third-order valence-corrected chi connectivity index (χ3v) is 4.96. The molecule has 0 spiro atoms. The Morgan fingerprint density at radius 1 is 1.37 bits per heavy atom. The summed E-state index contributed by atoms with van der Waals surface area (Å²) in [5.74, 6) is 1.01. The van der Waals surface area contributed by atoms with Crippen molar-refractivity contribution in [3.05, 3.63) is 0 Å². The van der Waals surface area contributed by atoms with Gasteiger partial charge in [-0.25, -0.2) is 0 Å². The van der Waals surface area contributed by atoms with Gasteiger partial charge in [0.2, 0.25) is 5.91 Å². The molecule has 0 radical (unpaired) electrons. The fourth-order valence-electron chi connectivity index (χ4n) is 3.57. The normalized spacial score (nSPS) is 35.6. The maximum atomic E-state index is 12.6. The molecule has 4 unspecified atom stereocenters. The lowest BCUT2D eigenvalue weighted by molar-refractivity contribution is -0.138. The summed E-state index contributed by atoms with van der Waals surface area (Å²) < 4.78 is 0. The van der Waals surface area contributed by atoms with E-state index in [-0.39, 0.29) is 18.6 Å². The van der Waals surface area contributed by atoms with Crippen molar-refractivity contribution in [3.63, 3.8) is 0 Å². The third-order valence-electron chi connectivity index (χ3n) is 4.96. The van der Waals surface area contributed by atoms with Crippen molar-refractivity contribution in [1.82, 2.24) is 4.90 Å². The Bertz CT molecular complexity index is 309. The number of nitrogens with two attached hydrogens (primary N) is 1. The van der Waals surface area contributed by atoms with Crippen molar-refractivity contribution in [1.29, 1.82) is 0 Å². The van der Waals surface area contributed by atoms with Crippen LogP contribution in [0.25, 0.3) is 0 Å². The van der Waals surface area contributed by atoms with Crippen molar-refractivity contribution >= 4 is 5.91 Å². The van der Waals surface area contributed by atoms with Crippen LogP contribution >= 0.6 is 0 Å². The van der Waals surface area contributed by atoms with E-state index < -0.39 is 0 Å². The molecule has 0 aromatic heterocycles. The number of hydrogen-bond acceptors (Lipinski definition) is 3. The van der Waals surface area contributed by atoms with Gasteiger partial charge in [0, 0.05) is 31.2 Å². The highest BCUT2D eigenvalue weighted by molar-refractivity contribution is 5.79. The molecule has 4 heteroatoms. The van der Waals surface area contributed by atoms with Crippen LogP contribution in [0.1, 0.15) is 51.9 Å². The Morgan fingerprint density at radius 3 is 2.84 bits per heavy atom. The summed E-state index contributed by atoms with van der Waals surface area (Å²) in [6.07, 6.45) is 6.87. The van der Waals surface area contributed by atoms with Gasteiger partial charge in [0.25, 0.3) is 0 Å². The molecule has 19 heavy (non-hydrogen) atoms. The van der Waals surface area contributed by atoms with Crippen molar-refractivity contribution < 1.29 is 9.90 Å². The van der Waals surface area contributed by atoms with Gasteiger partial charge in [-0.2, -0.15) is 0 Å². The molecule has 2 fully saturated rings. The number of nitrogens with zero attached hydrogens (tertiary/aromatic N) is 1. The van der Waals surface area contributed by atoms with Gasteiger partial charge in [0.05, 0.1) is 0 Å². The van der Waals surface area contributed by atoms with Gasteiger partial charge in [-0.15, -0.1) is 0 Å². The van der Waals surface area contributed by atoms with E-state index in [1.165, 1.54) is 0 Å². The predicted molar refractivity (Wildman–Crippen MR) is 75.5 cm³/mol. The first-order chi connectivity index (χ1) is 9.13. The van der Waals surface area contributed by atoms with Gasteiger partial charge < -0.3 is 15.7 Å². The van der Waals surface area contributed by atoms with Crippen LogP contribution in [-0.4, -0.2) is 41.1 Å². The monoisotopic (exact) mass is 268 g/mol. The predicted octanol–water partition coefficient (Wildman–Crippen LogP) is 1.51. The third kappa shape index (κ3) is 3.48. The Labute approximate surface area is 116 Å². The van der Waals surface area contributed by atoms with Gasteiger partial charge in [0.1, 0.15) is 0 Å². The van der Waals surface area contributed by atoms with E-state index in [0.717, 1.165) is 51.5 Å². The van der Waals surface area contributed by atoms with Crippen molar-refractivity contribution in [2.45, 2.75) is 64.0 Å². The molecule has 2 rings (SSSR count). The Balaban J connectivity index is 1.91. The fraction of sp³-hybridized carbons (Fsp3) is 0.933. The first-order valence-electron chi connectivity index (χ1n) is 7.80. The number of carbonyl (C=O) groups is 1. The second-order valence-corrected chi connectivity index (χ2v) is 6.34. The number of amides is 1. The van der Waals surface area contributed by atoms with Crippen molar-refractivity contribution in [2.75, 3.05) is 13.2 Å². The minimum atomic E-state index is 0.140. The minimum Gasteiger partial charge on any atom is -0.396 e. The first-order valence-corrected chi connectivity index (χ1v) is 7.80. The van der Waals surface area contributed by atoms with Gasteiger partial charge in [-0.1, -0.05) is 6.92 Å². The van der Waals surface area contributed by atoms with E-state index in [2.05, 4.69) is 11.8 Å². The lowest BCUT2D eigenvalue weighted by atomic mass is 9.79. The van der Waals surface area contributed by atoms with E-state index in [9.17, 15) is 4.79 Å². The average molecular weight is 268 g/mol. The molecule has 2 aliphatic rings. The number of hydrogen-bond donors (Lipinski definition) is 2. The number of rotatable bonds is 4. The summed E-state index contributed by atoms with van der Waals surface area (Å²) in [4.78, 5) is 14.7. The van der Waals surface area contributed by atoms with E-state index in [1.54, 1.807) is 0 Å². The van der Waals surface area contributed by atoms with E-state index in [1.807, 2.05) is 0 Å². The quantitative estimate of drug-likeness (QED) is 0.812. The van der Waals surface area contributed by atoms with Crippen LogP contribution in [0.4, 0.5) is 0 Å². The molecule has 0 bridgehead atoms. The van der Waals surface area contributed by atoms with E-state index in [0.29, 0.717) is 17.9 Å². The molecule has 4 atom stereocenters. The second-order valence-electron chi connectivity index (χ2n) is 6.34. The van der Waals surface area contributed by atoms with E-state index >= 15 is 0 Å². The minimum absolute atomic E-state index is 0.140. The first kappa shape index (κ1) is 14.8. The topological polar surface area (TPSA) is 66.6 Å². The average Bonchev–Trinajstić information content (AvgIpc) is 2.87. The highest BCUT2D eigenvalue weighted by Gasteiger charge is 2.36. The molecule has 110 valence electrons. The summed E-state index contributed by atoms with van der Waals surface area (Å²) in [6.45, 7) is 3.31. The van der Waals surface area contributed by atoms with Crippen molar-refractivity contribution in [3.8, 4) is 0 Å². The number of aliphatic hydroxyl groups is 1. The lowest BCUT2D eigenvalue weighted by Gasteiger charge is -2.35. The maximum Gasteiger partial charge on any atom is 0.225 e. The second kappa shape index (κ2) is 6.71. The highest BCUT2D eigenvalue weighted by atomic mass is 16.3. The molecule has 4 nitrogen and oxygen atoms in total. The molecule has 1 aliphatic heterocycles. The van der Waals surface area contributed by atoms with Gasteiger partial charge >= 0.3 is 0 Å². The van der Waals surface area contributed by atoms with Gasteiger partial charge in [-0.05, 0) is 50.9 Å². The molecule has 0 aromatic carbocycles. The van der Waals surface area contributed by atoms with Crippen LogP contribution in [-0.2, 0) is 4.79 Å². The number of likely N-dealkylation sites (tertiary alicyclic amines) is 1. The standard InChI is InChI=1S/C15H28N2O2/c1-11-6-7-12(10-14(11)16)15(19)17-8-2-4-13(17)5-3-9-18/h11-14,18H,2-10,16H2,1H3. The lowest BCUT2D eigenvalue weighted by Crippen LogP contribution is -2.45. The summed E-state index contributed by atoms with van der Waals surface area (Å²) in [7, 11) is 0. The zero-order valence-electron chi connectivity index (χ0n) is 12.1. The molecule has 1 amide bonds. The molecule has 0 aromatic rings. The number of aliphatic hydroxyl groups excluding tert-OH is 1. The molecule has 1 aliphatic carbocycles. The summed E-state index contributed by atoms with van der Waals surface area (Å²) in [6, 6.07) is 0.538. The van der Waals surface area contributed by atoms with Crippen molar-refractivity contribution in [2.24, 2.45) is 17.6 Å². The van der Waals surface area contributed by atoms with Crippen LogP contribution in [0.3, 0.4) is 0 Å². The zero-order chi connectivity index (χ0) is 13.8. The fourth-order valence-corrected chi connectivity index (χ4v) is 3.57. The van der Waals surface area contributed by atoms with Crippen LogP contribution in [0.15, 0.2) is 0 Å². The SMILES string of the molecule is CC1CCC(C(=O)N2CCCC2CCCO)CC1N. The smallest absolute Gasteiger partial charge is 0.225 e. The Morgan fingerprint density at radius 2 is 2.16 bits per heavy atom. The molecular formula is C15H28N2O2. The van der Waals surface area contributed by atoms with Crippen LogP contribution in [0.5, 0.6) is 0 Å². The molecule has 1 heterocycles. The van der Waals surface area contributed by atoms with Gasteiger partial charge in [0.15, 0.2) is 0 Å². The summed E-state index contributed by atoms with van der Waals surface area (Å²) >= 11 is 0. The summed E-state index contributed by atoms with van der Waals surface area (Å²) in [5.41, 5.74) is 6.12. The largest absolute Gasteiger partial charge is 0.396 e. The van der Waals surface area contributed by atoms with Gasteiger partial charge in [-0.3, -0.25) is 4.79 Å². The molecule has 1 saturated carbocycles. The highest BCUT2D eigenvalue weighted by Crippen LogP contribution is 2.32. The summed E-state index contributed by atoms with van der Waals surface area (Å²) in [5, 5.41) is 8.94. The zero-order valence-corrected chi connectivity index (χ0v) is 12.1. The molecule has 1 saturated heterocycles. The Kier molecular flexibility index (Phi) is 5.22. The van der Waals surface area contributed by atoms with Crippen LogP contribution in [0.2, 0.25) is 0 Å².